The van der Waals surface area contributed by atoms with Gasteiger partial charge in [-0.3, -0.25) is 24.4 Å². The first-order valence-electron chi connectivity index (χ1n) is 6.43. The third-order valence-corrected chi connectivity index (χ3v) is 3.06. The van der Waals surface area contributed by atoms with Gasteiger partial charge in [-0.1, -0.05) is 20.8 Å². The van der Waals surface area contributed by atoms with Crippen molar-refractivity contribution >= 4 is 17.6 Å². The van der Waals surface area contributed by atoms with Crippen LogP contribution in [0.25, 0.3) is 0 Å². The Morgan fingerprint density at radius 3 is 1.72 bits per heavy atom. The molecule has 0 aromatic carbocycles. The highest BCUT2D eigenvalue weighted by Gasteiger charge is 2.32. The monoisotopic (exact) mass is 255 g/mol. The van der Waals surface area contributed by atoms with Crippen LogP contribution in [0.15, 0.2) is 0 Å². The predicted molar refractivity (Wildman–Crippen MR) is 65.9 cm³/mol. The van der Waals surface area contributed by atoms with Crippen molar-refractivity contribution in [3.8, 4) is 0 Å². The Kier molecular flexibility index (Phi) is 5.27. The maximum atomic E-state index is 11.8. The van der Waals surface area contributed by atoms with Crippen LogP contribution in [-0.2, 0) is 14.4 Å². The summed E-state index contributed by atoms with van der Waals surface area (Å²) in [6.45, 7) is 5.98. The fourth-order valence-corrected chi connectivity index (χ4v) is 1.92. The van der Waals surface area contributed by atoms with Gasteiger partial charge in [0.1, 0.15) is 5.78 Å². The summed E-state index contributed by atoms with van der Waals surface area (Å²) in [7, 11) is 0. The average Bonchev–Trinajstić information content (AvgIpc) is 2.43. The highest BCUT2D eigenvalue weighted by molar-refractivity contribution is 5.84. The van der Waals surface area contributed by atoms with Crippen LogP contribution in [0, 0.1) is 5.92 Å². The van der Waals surface area contributed by atoms with E-state index in [4.69, 9.17) is 0 Å². The molecule has 6 heteroatoms. The molecule has 0 radical (unpaired) electrons. The molecular formula is C12H21N3O3. The van der Waals surface area contributed by atoms with Gasteiger partial charge in [0.05, 0.1) is 19.0 Å². The highest BCUT2D eigenvalue weighted by atomic mass is 16.2. The Hall–Kier alpha value is -1.43. The van der Waals surface area contributed by atoms with Gasteiger partial charge in [0.15, 0.2) is 0 Å². The molecule has 1 N–H and O–H groups in total. The first-order chi connectivity index (χ1) is 8.53. The summed E-state index contributed by atoms with van der Waals surface area (Å²) in [5.74, 6) is -0.434. The normalized spacial score (nSPS) is 16.8. The van der Waals surface area contributed by atoms with Crippen molar-refractivity contribution in [2.45, 2.75) is 40.0 Å². The molecule has 1 heterocycles. The van der Waals surface area contributed by atoms with Crippen LogP contribution < -0.4 is 5.53 Å². The van der Waals surface area contributed by atoms with E-state index in [1.165, 1.54) is 10.0 Å². The molecule has 0 saturated carbocycles. The van der Waals surface area contributed by atoms with Crippen LogP contribution in [0.3, 0.4) is 0 Å². The molecule has 0 unspecified atom stereocenters. The Labute approximate surface area is 107 Å². The van der Waals surface area contributed by atoms with Crippen LogP contribution in [0.4, 0.5) is 0 Å². The molecule has 1 saturated heterocycles. The SMILES string of the molecule is CCC(=O)C1CN(C(=O)CC)NN(C(=O)CC)C1. The zero-order valence-electron chi connectivity index (χ0n) is 11.2. The fourth-order valence-electron chi connectivity index (χ4n) is 1.92. The summed E-state index contributed by atoms with van der Waals surface area (Å²) in [6, 6.07) is 0. The van der Waals surface area contributed by atoms with Crippen molar-refractivity contribution in [2.24, 2.45) is 5.92 Å². The summed E-state index contributed by atoms with van der Waals surface area (Å²) >= 11 is 0. The molecule has 0 aromatic rings. The molecule has 0 aliphatic carbocycles. The lowest BCUT2D eigenvalue weighted by Gasteiger charge is -2.39. The number of Topliss-reactive ketones (excluding diaryl/α,β-unsaturated/α-hetero) is 1. The van der Waals surface area contributed by atoms with Crippen LogP contribution >= 0.6 is 0 Å². The molecule has 0 spiro atoms. The second kappa shape index (κ2) is 6.49. The third kappa shape index (κ3) is 3.29. The van der Waals surface area contributed by atoms with E-state index in [0.717, 1.165) is 0 Å². The van der Waals surface area contributed by atoms with E-state index < -0.39 is 0 Å². The van der Waals surface area contributed by atoms with Gasteiger partial charge in [0, 0.05) is 19.3 Å². The molecule has 6 nitrogen and oxygen atoms in total. The average molecular weight is 255 g/mol. The summed E-state index contributed by atoms with van der Waals surface area (Å²) in [6.07, 6.45) is 1.11. The molecule has 1 aliphatic heterocycles. The summed E-state index contributed by atoms with van der Waals surface area (Å²) < 4.78 is 0. The number of nitrogens with one attached hydrogen (secondary N) is 1. The maximum Gasteiger partial charge on any atom is 0.237 e. The molecule has 1 aliphatic rings. The molecule has 1 rings (SSSR count). The van der Waals surface area contributed by atoms with Gasteiger partial charge in [-0.2, -0.15) is 0 Å². The molecule has 0 aromatic heterocycles. The van der Waals surface area contributed by atoms with Crippen molar-refractivity contribution in [3.05, 3.63) is 0 Å². The van der Waals surface area contributed by atoms with Gasteiger partial charge >= 0.3 is 0 Å². The van der Waals surface area contributed by atoms with Gasteiger partial charge in [-0.25, -0.2) is 0 Å². The Morgan fingerprint density at radius 2 is 1.39 bits per heavy atom. The van der Waals surface area contributed by atoms with Crippen LogP contribution in [0.1, 0.15) is 40.0 Å². The maximum absolute atomic E-state index is 11.8. The van der Waals surface area contributed by atoms with Crippen molar-refractivity contribution in [1.82, 2.24) is 15.6 Å². The second-order valence-electron chi connectivity index (χ2n) is 4.33. The third-order valence-electron chi connectivity index (χ3n) is 3.06. The van der Waals surface area contributed by atoms with Gasteiger partial charge in [-0.05, 0) is 0 Å². The number of nitrogens with zero attached hydrogens (tertiary/aromatic N) is 2. The van der Waals surface area contributed by atoms with E-state index in [2.05, 4.69) is 5.53 Å². The Morgan fingerprint density at radius 1 is 0.944 bits per heavy atom. The molecule has 0 atom stereocenters. The number of rotatable bonds is 4. The number of amides is 2. The summed E-state index contributed by atoms with van der Waals surface area (Å²) in [5.41, 5.74) is 2.78. The van der Waals surface area contributed by atoms with Crippen LogP contribution in [0.2, 0.25) is 0 Å². The first kappa shape index (κ1) is 14.6. The molecule has 1 fully saturated rings. The minimum atomic E-state index is -0.290. The molecule has 2 amide bonds. The minimum absolute atomic E-state index is 0.0827. The van der Waals surface area contributed by atoms with Crippen LogP contribution in [0.5, 0.6) is 0 Å². The molecule has 102 valence electrons. The van der Waals surface area contributed by atoms with Crippen molar-refractivity contribution in [2.75, 3.05) is 13.1 Å². The zero-order chi connectivity index (χ0) is 13.7. The Balaban J connectivity index is 2.81. The van der Waals surface area contributed by atoms with E-state index in [1.807, 2.05) is 0 Å². The van der Waals surface area contributed by atoms with Gasteiger partial charge in [0.25, 0.3) is 0 Å². The second-order valence-corrected chi connectivity index (χ2v) is 4.33. The van der Waals surface area contributed by atoms with E-state index in [-0.39, 0.29) is 23.5 Å². The molecular weight excluding hydrogens is 234 g/mol. The van der Waals surface area contributed by atoms with Crippen molar-refractivity contribution < 1.29 is 14.4 Å². The predicted octanol–water partition coefficient (Wildman–Crippen LogP) is 0.492. The lowest BCUT2D eigenvalue weighted by Crippen LogP contribution is -2.63. The topological polar surface area (TPSA) is 69.7 Å². The lowest BCUT2D eigenvalue weighted by molar-refractivity contribution is -0.159. The number of hydrogen-bond acceptors (Lipinski definition) is 4. The van der Waals surface area contributed by atoms with Gasteiger partial charge in [0.2, 0.25) is 11.8 Å². The van der Waals surface area contributed by atoms with Gasteiger partial charge in [-0.15, -0.1) is 5.53 Å². The lowest BCUT2D eigenvalue weighted by atomic mass is 10.0. The van der Waals surface area contributed by atoms with Gasteiger partial charge < -0.3 is 0 Å². The molecule has 0 bridgehead atoms. The van der Waals surface area contributed by atoms with Crippen molar-refractivity contribution in [1.29, 1.82) is 0 Å². The van der Waals surface area contributed by atoms with E-state index in [1.54, 1.807) is 20.8 Å². The summed E-state index contributed by atoms with van der Waals surface area (Å²) in [4.78, 5) is 35.2. The largest absolute Gasteiger partial charge is 0.299 e. The highest BCUT2D eigenvalue weighted by Crippen LogP contribution is 2.13. The molecule has 18 heavy (non-hydrogen) atoms. The number of carbonyl (C=O) groups is 3. The quantitative estimate of drug-likeness (QED) is 0.794. The van der Waals surface area contributed by atoms with Crippen LogP contribution in [-0.4, -0.2) is 40.7 Å². The fraction of sp³-hybridized carbons (Fsp3) is 0.750. The number of carbonyl (C=O) groups excluding carboxylic acids is 3. The number of hydrogen-bond donors (Lipinski definition) is 1. The van der Waals surface area contributed by atoms with Crippen molar-refractivity contribution in [3.63, 3.8) is 0 Å². The van der Waals surface area contributed by atoms with E-state index in [0.29, 0.717) is 32.4 Å². The zero-order valence-corrected chi connectivity index (χ0v) is 11.2. The first-order valence-corrected chi connectivity index (χ1v) is 6.43. The smallest absolute Gasteiger partial charge is 0.237 e. The number of hydrazine groups is 2. The Bertz CT molecular complexity index is 285. The number of ketones is 1. The standard InChI is InChI=1S/C12H21N3O3/c1-4-10(16)9-7-14(11(17)5-2)13-15(8-9)12(18)6-3/h9,13H,4-8H2,1-3H3. The van der Waals surface area contributed by atoms with E-state index in [9.17, 15) is 14.4 Å². The van der Waals surface area contributed by atoms with E-state index >= 15 is 0 Å². The minimum Gasteiger partial charge on any atom is -0.299 e. The summed E-state index contributed by atoms with van der Waals surface area (Å²) in [5, 5.41) is 2.74.